The SMILES string of the molecule is CN=C(NCC(C)(C)SC)NC1CCN(CC2CCCCC2)CC1. The molecule has 140 valence electrons. The van der Waals surface area contributed by atoms with E-state index in [0.29, 0.717) is 6.04 Å². The molecule has 4 nitrogen and oxygen atoms in total. The molecule has 1 aliphatic heterocycles. The van der Waals surface area contributed by atoms with Crippen LogP contribution < -0.4 is 10.6 Å². The molecule has 0 spiro atoms. The maximum Gasteiger partial charge on any atom is 0.191 e. The molecule has 2 aliphatic rings. The number of piperidine rings is 1. The molecular formula is C19H38N4S. The van der Waals surface area contributed by atoms with Crippen molar-refractivity contribution in [3.63, 3.8) is 0 Å². The highest BCUT2D eigenvalue weighted by Gasteiger charge is 2.23. The third kappa shape index (κ3) is 6.83. The zero-order valence-corrected chi connectivity index (χ0v) is 17.1. The van der Waals surface area contributed by atoms with E-state index in [4.69, 9.17) is 0 Å². The van der Waals surface area contributed by atoms with Gasteiger partial charge in [0.1, 0.15) is 0 Å². The van der Waals surface area contributed by atoms with Crippen LogP contribution in [0, 0.1) is 5.92 Å². The van der Waals surface area contributed by atoms with Crippen molar-refractivity contribution in [1.82, 2.24) is 15.5 Å². The van der Waals surface area contributed by atoms with E-state index in [-0.39, 0.29) is 4.75 Å². The Balaban J connectivity index is 1.67. The van der Waals surface area contributed by atoms with E-state index >= 15 is 0 Å². The van der Waals surface area contributed by atoms with Gasteiger partial charge in [0.15, 0.2) is 5.96 Å². The van der Waals surface area contributed by atoms with Crippen LogP contribution in [0.1, 0.15) is 58.8 Å². The molecule has 1 aliphatic carbocycles. The third-order valence-corrected chi connectivity index (χ3v) is 6.88. The van der Waals surface area contributed by atoms with Gasteiger partial charge in [-0.25, -0.2) is 0 Å². The molecule has 2 N–H and O–H groups in total. The first-order valence-corrected chi connectivity index (χ1v) is 11.0. The molecule has 0 radical (unpaired) electrons. The number of nitrogens with one attached hydrogen (secondary N) is 2. The first kappa shape index (κ1) is 19.9. The van der Waals surface area contributed by atoms with Gasteiger partial charge in [-0.3, -0.25) is 4.99 Å². The minimum absolute atomic E-state index is 0.237. The van der Waals surface area contributed by atoms with Crippen LogP contribution in [0.5, 0.6) is 0 Å². The predicted octanol–water partition coefficient (Wildman–Crippen LogP) is 3.34. The van der Waals surface area contributed by atoms with E-state index < -0.39 is 0 Å². The molecule has 0 bridgehead atoms. The van der Waals surface area contributed by atoms with Crippen LogP contribution in [0.4, 0.5) is 0 Å². The van der Waals surface area contributed by atoms with Crippen LogP contribution in [0.25, 0.3) is 0 Å². The molecule has 0 aromatic heterocycles. The Morgan fingerprint density at radius 2 is 1.79 bits per heavy atom. The molecule has 2 rings (SSSR count). The normalized spacial score (nSPS) is 22.6. The summed E-state index contributed by atoms with van der Waals surface area (Å²) in [6, 6.07) is 0.566. The number of thioether (sulfide) groups is 1. The van der Waals surface area contributed by atoms with Crippen molar-refractivity contribution in [2.45, 2.75) is 69.6 Å². The maximum atomic E-state index is 4.40. The van der Waals surface area contributed by atoms with Crippen molar-refractivity contribution in [3.05, 3.63) is 0 Å². The minimum atomic E-state index is 0.237. The first-order valence-electron chi connectivity index (χ1n) is 9.77. The summed E-state index contributed by atoms with van der Waals surface area (Å²) >= 11 is 1.89. The van der Waals surface area contributed by atoms with Gasteiger partial charge in [0.2, 0.25) is 0 Å². The number of nitrogens with zero attached hydrogens (tertiary/aromatic N) is 2. The van der Waals surface area contributed by atoms with E-state index in [1.165, 1.54) is 64.6 Å². The molecule has 0 unspecified atom stereocenters. The van der Waals surface area contributed by atoms with Crippen molar-refractivity contribution in [1.29, 1.82) is 0 Å². The number of rotatable bonds is 6. The lowest BCUT2D eigenvalue weighted by Gasteiger charge is -2.36. The molecular weight excluding hydrogens is 316 g/mol. The number of hydrogen-bond donors (Lipinski definition) is 2. The van der Waals surface area contributed by atoms with Crippen LogP contribution in [-0.2, 0) is 0 Å². The third-order valence-electron chi connectivity index (χ3n) is 5.63. The van der Waals surface area contributed by atoms with Gasteiger partial charge in [-0.1, -0.05) is 19.3 Å². The van der Waals surface area contributed by atoms with Gasteiger partial charge in [0.25, 0.3) is 0 Å². The Labute approximate surface area is 153 Å². The Kier molecular flexibility index (Phi) is 8.21. The van der Waals surface area contributed by atoms with E-state index in [0.717, 1.165) is 18.4 Å². The summed E-state index contributed by atoms with van der Waals surface area (Å²) in [5.41, 5.74) is 0. The van der Waals surface area contributed by atoms with Gasteiger partial charge < -0.3 is 15.5 Å². The highest BCUT2D eigenvalue weighted by Crippen LogP contribution is 2.25. The van der Waals surface area contributed by atoms with Gasteiger partial charge in [-0.15, -0.1) is 0 Å². The summed E-state index contributed by atoms with van der Waals surface area (Å²) in [7, 11) is 1.87. The summed E-state index contributed by atoms with van der Waals surface area (Å²) in [5, 5.41) is 7.12. The predicted molar refractivity (Wildman–Crippen MR) is 108 cm³/mol. The van der Waals surface area contributed by atoms with Crippen molar-refractivity contribution >= 4 is 17.7 Å². The Hall–Kier alpha value is -0.420. The standard InChI is InChI=1S/C19H38N4S/c1-19(2,24-4)15-21-18(20-3)22-17-10-12-23(13-11-17)14-16-8-6-5-7-9-16/h16-17H,5-15H2,1-4H3,(H2,20,21,22). The second-order valence-corrected chi connectivity index (χ2v) is 9.63. The smallest absolute Gasteiger partial charge is 0.191 e. The summed E-state index contributed by atoms with van der Waals surface area (Å²) in [6.45, 7) is 9.28. The lowest BCUT2D eigenvalue weighted by molar-refractivity contribution is 0.160. The molecule has 24 heavy (non-hydrogen) atoms. The van der Waals surface area contributed by atoms with Crippen LogP contribution in [0.2, 0.25) is 0 Å². The Morgan fingerprint density at radius 1 is 1.12 bits per heavy atom. The molecule has 0 atom stereocenters. The summed E-state index contributed by atoms with van der Waals surface area (Å²) in [5.74, 6) is 1.93. The fourth-order valence-electron chi connectivity index (χ4n) is 3.75. The second-order valence-electron chi connectivity index (χ2n) is 8.11. The van der Waals surface area contributed by atoms with Gasteiger partial charge in [-0.2, -0.15) is 11.8 Å². The monoisotopic (exact) mass is 354 g/mol. The lowest BCUT2D eigenvalue weighted by atomic mass is 9.88. The zero-order chi connectivity index (χ0) is 17.4. The number of guanidine groups is 1. The van der Waals surface area contributed by atoms with Crippen LogP contribution in [-0.4, -0.2) is 61.1 Å². The zero-order valence-electron chi connectivity index (χ0n) is 16.2. The molecule has 0 aromatic carbocycles. The number of hydrogen-bond acceptors (Lipinski definition) is 3. The molecule has 0 amide bonds. The van der Waals surface area contributed by atoms with Gasteiger partial charge in [0, 0.05) is 44.0 Å². The molecule has 5 heteroatoms. The van der Waals surface area contributed by atoms with Crippen molar-refractivity contribution in [2.75, 3.05) is 39.5 Å². The number of aliphatic imine (C=N–C) groups is 1. The van der Waals surface area contributed by atoms with E-state index in [9.17, 15) is 0 Å². The summed E-state index contributed by atoms with van der Waals surface area (Å²) < 4.78 is 0.237. The fourth-order valence-corrected chi connectivity index (χ4v) is 3.97. The topological polar surface area (TPSA) is 39.7 Å². The average Bonchev–Trinajstić information content (AvgIpc) is 2.61. The molecule has 1 saturated heterocycles. The fraction of sp³-hybridized carbons (Fsp3) is 0.947. The highest BCUT2D eigenvalue weighted by atomic mass is 32.2. The molecule has 2 fully saturated rings. The summed E-state index contributed by atoms with van der Waals surface area (Å²) in [4.78, 5) is 7.10. The minimum Gasteiger partial charge on any atom is -0.355 e. The second kappa shape index (κ2) is 9.91. The van der Waals surface area contributed by atoms with E-state index in [2.05, 4.69) is 40.6 Å². The van der Waals surface area contributed by atoms with Crippen LogP contribution >= 0.6 is 11.8 Å². The number of likely N-dealkylation sites (tertiary alicyclic amines) is 1. The molecule has 1 heterocycles. The highest BCUT2D eigenvalue weighted by molar-refractivity contribution is 7.99. The van der Waals surface area contributed by atoms with Crippen molar-refractivity contribution in [3.8, 4) is 0 Å². The molecule has 0 aromatic rings. The van der Waals surface area contributed by atoms with Gasteiger partial charge in [-0.05, 0) is 51.7 Å². The summed E-state index contributed by atoms with van der Waals surface area (Å²) in [6.07, 6.45) is 11.9. The van der Waals surface area contributed by atoms with Gasteiger partial charge in [0.05, 0.1) is 0 Å². The van der Waals surface area contributed by atoms with Crippen LogP contribution in [0.15, 0.2) is 4.99 Å². The van der Waals surface area contributed by atoms with Crippen molar-refractivity contribution in [2.24, 2.45) is 10.9 Å². The van der Waals surface area contributed by atoms with Crippen LogP contribution in [0.3, 0.4) is 0 Å². The van der Waals surface area contributed by atoms with E-state index in [1.54, 1.807) is 0 Å². The van der Waals surface area contributed by atoms with Crippen molar-refractivity contribution < 1.29 is 0 Å². The quantitative estimate of drug-likeness (QED) is 0.567. The first-order chi connectivity index (χ1) is 11.5. The van der Waals surface area contributed by atoms with Gasteiger partial charge >= 0.3 is 0 Å². The largest absolute Gasteiger partial charge is 0.355 e. The van der Waals surface area contributed by atoms with E-state index in [1.807, 2.05) is 18.8 Å². The maximum absolute atomic E-state index is 4.40. The Morgan fingerprint density at radius 3 is 2.38 bits per heavy atom. The molecule has 1 saturated carbocycles. The average molecular weight is 355 g/mol. The Bertz CT molecular complexity index is 383. The lowest BCUT2D eigenvalue weighted by Crippen LogP contribution is -2.51.